The Labute approximate surface area is 127 Å². The summed E-state index contributed by atoms with van der Waals surface area (Å²) in [5.41, 5.74) is 1.51. The maximum atomic E-state index is 14.0. The van der Waals surface area contributed by atoms with Crippen LogP contribution in [0.2, 0.25) is 5.02 Å². The first-order valence-corrected chi connectivity index (χ1v) is 6.92. The van der Waals surface area contributed by atoms with Crippen LogP contribution in [0.15, 0.2) is 36.4 Å². The molecule has 0 fully saturated rings. The van der Waals surface area contributed by atoms with E-state index < -0.39 is 11.6 Å². The predicted molar refractivity (Wildman–Crippen MR) is 79.6 cm³/mol. The number of ether oxygens (including phenoxy) is 1. The van der Waals surface area contributed by atoms with E-state index in [9.17, 15) is 8.78 Å². The molecule has 0 heterocycles. The zero-order valence-corrected chi connectivity index (χ0v) is 12.5. The molecule has 21 heavy (non-hydrogen) atoms. The van der Waals surface area contributed by atoms with Gasteiger partial charge in [-0.2, -0.15) is 0 Å². The highest BCUT2D eigenvalue weighted by atomic mass is 35.5. The normalized spacial score (nSPS) is 12.2. The molecule has 0 saturated heterocycles. The van der Waals surface area contributed by atoms with E-state index in [2.05, 4.69) is 5.32 Å². The number of nitrogens with one attached hydrogen (secondary N) is 1. The van der Waals surface area contributed by atoms with Crippen LogP contribution in [0.4, 0.5) is 8.78 Å². The lowest BCUT2D eigenvalue weighted by Gasteiger charge is -2.13. The molecule has 0 aliphatic heterocycles. The minimum atomic E-state index is -0.489. The van der Waals surface area contributed by atoms with Crippen molar-refractivity contribution in [3.05, 3.63) is 64.2 Å². The van der Waals surface area contributed by atoms with Crippen molar-refractivity contribution < 1.29 is 13.5 Å². The SMILES string of the molecule is CNC(C)c1ccc(OCc2ccc(F)c(Cl)c2)c(F)c1. The molecule has 5 heteroatoms. The predicted octanol–water partition coefficient (Wildman–Crippen LogP) is 4.48. The van der Waals surface area contributed by atoms with Gasteiger partial charge in [-0.3, -0.25) is 0 Å². The maximum Gasteiger partial charge on any atom is 0.165 e. The van der Waals surface area contributed by atoms with Crippen LogP contribution in [-0.2, 0) is 6.61 Å². The first-order valence-electron chi connectivity index (χ1n) is 6.54. The minimum Gasteiger partial charge on any atom is -0.486 e. The van der Waals surface area contributed by atoms with Crippen molar-refractivity contribution in [1.29, 1.82) is 0 Å². The molecule has 0 aliphatic rings. The Morgan fingerprint density at radius 3 is 2.52 bits per heavy atom. The van der Waals surface area contributed by atoms with Crippen molar-refractivity contribution in [2.24, 2.45) is 0 Å². The molecule has 0 bridgehead atoms. The Hall–Kier alpha value is -1.65. The lowest BCUT2D eigenvalue weighted by Crippen LogP contribution is -2.12. The van der Waals surface area contributed by atoms with Crippen LogP contribution in [0.1, 0.15) is 24.1 Å². The monoisotopic (exact) mass is 311 g/mol. The van der Waals surface area contributed by atoms with Gasteiger partial charge in [0, 0.05) is 6.04 Å². The fraction of sp³-hybridized carbons (Fsp3) is 0.250. The second-order valence-corrected chi connectivity index (χ2v) is 5.14. The van der Waals surface area contributed by atoms with E-state index in [0.29, 0.717) is 5.56 Å². The largest absolute Gasteiger partial charge is 0.486 e. The summed E-state index contributed by atoms with van der Waals surface area (Å²) in [4.78, 5) is 0. The molecule has 0 radical (unpaired) electrons. The third-order valence-corrected chi connectivity index (χ3v) is 3.56. The van der Waals surface area contributed by atoms with Gasteiger partial charge < -0.3 is 10.1 Å². The average molecular weight is 312 g/mol. The fourth-order valence-corrected chi connectivity index (χ4v) is 2.06. The van der Waals surface area contributed by atoms with Crippen LogP contribution >= 0.6 is 11.6 Å². The molecule has 2 nitrogen and oxygen atoms in total. The molecule has 0 aliphatic carbocycles. The zero-order valence-electron chi connectivity index (χ0n) is 11.8. The standard InChI is InChI=1S/C16H16ClF2NO/c1-10(20-2)12-4-6-16(15(19)8-12)21-9-11-3-5-14(18)13(17)7-11/h3-8,10,20H,9H2,1-2H3. The van der Waals surface area contributed by atoms with Crippen LogP contribution in [0, 0.1) is 11.6 Å². The summed E-state index contributed by atoms with van der Waals surface area (Å²) < 4.78 is 32.4. The smallest absolute Gasteiger partial charge is 0.165 e. The average Bonchev–Trinajstić information content (AvgIpc) is 2.48. The number of benzene rings is 2. The second-order valence-electron chi connectivity index (χ2n) is 4.74. The highest BCUT2D eigenvalue weighted by Crippen LogP contribution is 2.23. The summed E-state index contributed by atoms with van der Waals surface area (Å²) in [6.45, 7) is 2.06. The third kappa shape index (κ3) is 3.93. The minimum absolute atomic E-state index is 0.0229. The third-order valence-electron chi connectivity index (χ3n) is 3.27. The van der Waals surface area contributed by atoms with Crippen molar-refractivity contribution in [2.45, 2.75) is 19.6 Å². The number of halogens is 3. The highest BCUT2D eigenvalue weighted by molar-refractivity contribution is 6.30. The number of hydrogen-bond donors (Lipinski definition) is 1. The molecule has 1 N–H and O–H groups in total. The van der Waals surface area contributed by atoms with Crippen LogP contribution < -0.4 is 10.1 Å². The maximum absolute atomic E-state index is 14.0. The molecular formula is C16H16ClF2NO. The van der Waals surface area contributed by atoms with Gasteiger partial charge in [0.1, 0.15) is 12.4 Å². The van der Waals surface area contributed by atoms with Crippen molar-refractivity contribution in [1.82, 2.24) is 5.32 Å². The Balaban J connectivity index is 2.07. The van der Waals surface area contributed by atoms with Crippen molar-refractivity contribution in [3.63, 3.8) is 0 Å². The molecule has 0 saturated carbocycles. The molecule has 0 amide bonds. The molecule has 2 aromatic rings. The molecule has 112 valence electrons. The summed E-state index contributed by atoms with van der Waals surface area (Å²) in [6.07, 6.45) is 0. The van der Waals surface area contributed by atoms with Gasteiger partial charge in [-0.05, 0) is 49.4 Å². The first kappa shape index (κ1) is 15.7. The molecule has 2 aromatic carbocycles. The molecular weight excluding hydrogens is 296 g/mol. The van der Waals surface area contributed by atoms with Gasteiger partial charge in [-0.15, -0.1) is 0 Å². The van der Waals surface area contributed by atoms with Crippen LogP contribution in [0.25, 0.3) is 0 Å². The number of hydrogen-bond acceptors (Lipinski definition) is 2. The first-order chi connectivity index (χ1) is 10.0. The Morgan fingerprint density at radius 1 is 1.14 bits per heavy atom. The van der Waals surface area contributed by atoms with Gasteiger partial charge in [0.25, 0.3) is 0 Å². The van der Waals surface area contributed by atoms with E-state index in [4.69, 9.17) is 16.3 Å². The Bertz CT molecular complexity index is 634. The van der Waals surface area contributed by atoms with E-state index in [0.717, 1.165) is 5.56 Å². The molecule has 0 spiro atoms. The Kier molecular flexibility index (Phi) is 5.15. The summed E-state index contributed by atoms with van der Waals surface area (Å²) >= 11 is 5.69. The van der Waals surface area contributed by atoms with Crippen LogP contribution in [0.3, 0.4) is 0 Å². The van der Waals surface area contributed by atoms with Gasteiger partial charge in [0.05, 0.1) is 5.02 Å². The van der Waals surface area contributed by atoms with E-state index in [1.54, 1.807) is 18.2 Å². The van der Waals surface area contributed by atoms with Crippen LogP contribution in [-0.4, -0.2) is 7.05 Å². The fourth-order valence-electron chi connectivity index (χ4n) is 1.86. The van der Waals surface area contributed by atoms with E-state index >= 15 is 0 Å². The van der Waals surface area contributed by atoms with Crippen LogP contribution in [0.5, 0.6) is 5.75 Å². The summed E-state index contributed by atoms with van der Waals surface area (Å²) in [6, 6.07) is 9.16. The van der Waals surface area contributed by atoms with Crippen molar-refractivity contribution in [2.75, 3.05) is 7.05 Å². The molecule has 0 aromatic heterocycles. The van der Waals surface area contributed by atoms with E-state index in [1.807, 2.05) is 14.0 Å². The Morgan fingerprint density at radius 2 is 1.90 bits per heavy atom. The lowest BCUT2D eigenvalue weighted by molar-refractivity contribution is 0.290. The highest BCUT2D eigenvalue weighted by Gasteiger charge is 2.09. The van der Waals surface area contributed by atoms with Gasteiger partial charge in [-0.1, -0.05) is 23.7 Å². The summed E-state index contributed by atoms with van der Waals surface area (Å²) in [7, 11) is 1.81. The van der Waals surface area contributed by atoms with Gasteiger partial charge in [-0.25, -0.2) is 8.78 Å². The number of rotatable bonds is 5. The summed E-state index contributed by atoms with van der Waals surface area (Å²) in [5, 5.41) is 3.06. The topological polar surface area (TPSA) is 21.3 Å². The molecule has 1 atom stereocenters. The zero-order chi connectivity index (χ0) is 15.4. The van der Waals surface area contributed by atoms with E-state index in [1.165, 1.54) is 18.2 Å². The molecule has 2 rings (SSSR count). The van der Waals surface area contributed by atoms with Gasteiger partial charge in [0.2, 0.25) is 0 Å². The summed E-state index contributed by atoms with van der Waals surface area (Å²) in [5.74, 6) is -0.762. The van der Waals surface area contributed by atoms with E-state index in [-0.39, 0.29) is 23.4 Å². The van der Waals surface area contributed by atoms with Crippen molar-refractivity contribution >= 4 is 11.6 Å². The van der Waals surface area contributed by atoms with Gasteiger partial charge >= 0.3 is 0 Å². The second kappa shape index (κ2) is 6.87. The lowest BCUT2D eigenvalue weighted by atomic mass is 10.1. The quantitative estimate of drug-likeness (QED) is 0.879. The van der Waals surface area contributed by atoms with Crippen molar-refractivity contribution in [3.8, 4) is 5.75 Å². The molecule has 1 unspecified atom stereocenters. The van der Waals surface area contributed by atoms with Gasteiger partial charge in [0.15, 0.2) is 11.6 Å².